The molecule has 0 amide bonds. The van der Waals surface area contributed by atoms with Crippen LogP contribution in [-0.2, 0) is 0 Å². The second-order valence-corrected chi connectivity index (χ2v) is 3.47. The zero-order chi connectivity index (χ0) is 11.6. The molecule has 1 heterocycles. The number of nitrogens with zero attached hydrogens (tertiary/aromatic N) is 3. The second kappa shape index (κ2) is 4.43. The van der Waals surface area contributed by atoms with E-state index in [-0.39, 0.29) is 9.13 Å². The zero-order valence-corrected chi connectivity index (χ0v) is 9.10. The fourth-order valence-corrected chi connectivity index (χ4v) is 1.64. The number of hydrogen-bond donors (Lipinski definition) is 0. The number of alkyl halides is 2. The summed E-state index contributed by atoms with van der Waals surface area (Å²) >= 11 is 1.48. The summed E-state index contributed by atoms with van der Waals surface area (Å²) in [5.41, 5.74) is -1.81. The molecule has 0 aliphatic carbocycles. The molecule has 0 aliphatic heterocycles. The maximum atomic E-state index is 12.4. The van der Waals surface area contributed by atoms with Crippen LogP contribution in [0, 0.1) is 25.0 Å². The van der Waals surface area contributed by atoms with Crippen LogP contribution in [0.5, 0.6) is 0 Å². The van der Waals surface area contributed by atoms with Crippen LogP contribution in [0.1, 0.15) is 17.7 Å². The van der Waals surface area contributed by atoms with E-state index >= 15 is 0 Å². The highest BCUT2D eigenvalue weighted by Crippen LogP contribution is 2.32. The summed E-state index contributed by atoms with van der Waals surface area (Å²) in [7, 11) is 0. The molecule has 0 aromatic carbocycles. The molecule has 1 aromatic rings. The standard InChI is InChI=1S/C7H2F2IN3O2/c8-7(9)5-6(13(14)15)4(10)3(1-11)2-12-5/h2,7H. The van der Waals surface area contributed by atoms with Crippen molar-refractivity contribution in [1.82, 2.24) is 4.98 Å². The molecule has 8 heteroatoms. The van der Waals surface area contributed by atoms with Gasteiger partial charge in [0.2, 0.25) is 0 Å². The van der Waals surface area contributed by atoms with Crippen molar-refractivity contribution in [3.63, 3.8) is 0 Å². The van der Waals surface area contributed by atoms with Crippen molar-refractivity contribution in [2.45, 2.75) is 6.43 Å². The number of aromatic nitrogens is 1. The van der Waals surface area contributed by atoms with E-state index in [1.54, 1.807) is 6.07 Å². The zero-order valence-electron chi connectivity index (χ0n) is 6.95. The molecular weight excluding hydrogens is 323 g/mol. The summed E-state index contributed by atoms with van der Waals surface area (Å²) in [6, 6.07) is 1.64. The monoisotopic (exact) mass is 325 g/mol. The number of halogens is 3. The largest absolute Gasteiger partial charge is 0.311 e. The maximum Gasteiger partial charge on any atom is 0.311 e. The summed E-state index contributed by atoms with van der Waals surface area (Å²) in [5, 5.41) is 19.1. The Morgan fingerprint density at radius 2 is 2.27 bits per heavy atom. The molecule has 0 fully saturated rings. The summed E-state index contributed by atoms with van der Waals surface area (Å²) in [6.07, 6.45) is -2.14. The molecule has 0 aliphatic rings. The third kappa shape index (κ3) is 2.17. The summed E-state index contributed by atoms with van der Waals surface area (Å²) < 4.78 is 24.6. The van der Waals surface area contributed by atoms with E-state index in [1.807, 2.05) is 0 Å². The van der Waals surface area contributed by atoms with Crippen LogP contribution in [0.3, 0.4) is 0 Å². The quantitative estimate of drug-likeness (QED) is 0.475. The average Bonchev–Trinajstić information content (AvgIpc) is 2.16. The van der Waals surface area contributed by atoms with Crippen molar-refractivity contribution in [1.29, 1.82) is 5.26 Å². The van der Waals surface area contributed by atoms with Gasteiger partial charge in [-0.25, -0.2) is 13.8 Å². The van der Waals surface area contributed by atoms with Gasteiger partial charge in [0.25, 0.3) is 6.43 Å². The fraction of sp³-hybridized carbons (Fsp3) is 0.143. The first-order chi connectivity index (χ1) is 6.99. The number of nitriles is 1. The maximum absolute atomic E-state index is 12.4. The lowest BCUT2D eigenvalue weighted by Crippen LogP contribution is -2.03. The molecule has 0 bridgehead atoms. The summed E-state index contributed by atoms with van der Waals surface area (Å²) in [5.74, 6) is 0. The lowest BCUT2D eigenvalue weighted by Gasteiger charge is -2.03. The molecule has 0 N–H and O–H groups in total. The Kier molecular flexibility index (Phi) is 3.46. The first-order valence-electron chi connectivity index (χ1n) is 3.50. The van der Waals surface area contributed by atoms with Gasteiger partial charge in [0.05, 0.1) is 10.5 Å². The van der Waals surface area contributed by atoms with Gasteiger partial charge in [0, 0.05) is 6.20 Å². The van der Waals surface area contributed by atoms with Crippen molar-refractivity contribution >= 4 is 28.3 Å². The number of hydrogen-bond acceptors (Lipinski definition) is 4. The Hall–Kier alpha value is -1.37. The highest BCUT2D eigenvalue weighted by molar-refractivity contribution is 14.1. The molecular formula is C7H2F2IN3O2. The summed E-state index contributed by atoms with van der Waals surface area (Å²) in [4.78, 5) is 12.8. The van der Waals surface area contributed by atoms with Gasteiger partial charge < -0.3 is 0 Å². The van der Waals surface area contributed by atoms with Crippen LogP contribution in [0.2, 0.25) is 0 Å². The van der Waals surface area contributed by atoms with Gasteiger partial charge in [-0.2, -0.15) is 5.26 Å². The molecule has 78 valence electrons. The van der Waals surface area contributed by atoms with Crippen LogP contribution in [0.15, 0.2) is 6.20 Å². The minimum atomic E-state index is -3.04. The van der Waals surface area contributed by atoms with E-state index < -0.39 is 22.7 Å². The van der Waals surface area contributed by atoms with Gasteiger partial charge in [-0.15, -0.1) is 0 Å². The molecule has 15 heavy (non-hydrogen) atoms. The van der Waals surface area contributed by atoms with Gasteiger partial charge in [0.1, 0.15) is 9.64 Å². The Morgan fingerprint density at radius 1 is 1.67 bits per heavy atom. The molecule has 1 rings (SSSR count). The van der Waals surface area contributed by atoms with Gasteiger partial charge >= 0.3 is 5.69 Å². The lowest BCUT2D eigenvalue weighted by molar-refractivity contribution is -0.387. The third-order valence-corrected chi connectivity index (χ3v) is 2.62. The Bertz CT molecular complexity index is 458. The molecule has 0 radical (unpaired) electrons. The average molecular weight is 325 g/mol. The smallest absolute Gasteiger partial charge is 0.258 e. The van der Waals surface area contributed by atoms with E-state index in [0.717, 1.165) is 6.20 Å². The molecule has 0 saturated heterocycles. The molecule has 0 atom stereocenters. The van der Waals surface area contributed by atoms with Crippen molar-refractivity contribution in [3.8, 4) is 6.07 Å². The molecule has 1 aromatic heterocycles. The van der Waals surface area contributed by atoms with Crippen molar-refractivity contribution in [2.75, 3.05) is 0 Å². The van der Waals surface area contributed by atoms with Crippen LogP contribution in [-0.4, -0.2) is 9.91 Å². The van der Waals surface area contributed by atoms with Crippen LogP contribution in [0.25, 0.3) is 0 Å². The molecule has 0 spiro atoms. The highest BCUT2D eigenvalue weighted by atomic mass is 127. The second-order valence-electron chi connectivity index (χ2n) is 2.39. The van der Waals surface area contributed by atoms with E-state index in [2.05, 4.69) is 4.98 Å². The SMILES string of the molecule is N#Cc1cnc(C(F)F)c([N+](=O)[O-])c1I. The highest BCUT2D eigenvalue weighted by Gasteiger charge is 2.28. The van der Waals surface area contributed by atoms with Crippen LogP contribution < -0.4 is 0 Å². The molecule has 0 saturated carbocycles. The fourth-order valence-electron chi connectivity index (χ4n) is 0.903. The Balaban J connectivity index is 3.53. The Labute approximate surface area is 96.0 Å². The first kappa shape index (κ1) is 11.7. The van der Waals surface area contributed by atoms with Gasteiger partial charge in [-0.05, 0) is 22.6 Å². The van der Waals surface area contributed by atoms with Crippen LogP contribution in [0.4, 0.5) is 14.5 Å². The van der Waals surface area contributed by atoms with Crippen molar-refractivity contribution < 1.29 is 13.7 Å². The minimum absolute atomic E-state index is 0.0910. The number of nitro groups is 1. The topological polar surface area (TPSA) is 79.8 Å². The predicted octanol–water partition coefficient (Wildman–Crippen LogP) is 2.40. The van der Waals surface area contributed by atoms with Gasteiger partial charge in [-0.1, -0.05) is 0 Å². The third-order valence-electron chi connectivity index (χ3n) is 1.53. The normalized spacial score (nSPS) is 10.1. The van der Waals surface area contributed by atoms with Gasteiger partial charge in [-0.3, -0.25) is 10.1 Å². The number of pyridine rings is 1. The summed E-state index contributed by atoms with van der Waals surface area (Å²) in [6.45, 7) is 0. The first-order valence-corrected chi connectivity index (χ1v) is 4.58. The van der Waals surface area contributed by atoms with Crippen molar-refractivity contribution in [2.24, 2.45) is 0 Å². The van der Waals surface area contributed by atoms with Crippen molar-refractivity contribution in [3.05, 3.63) is 31.1 Å². The van der Waals surface area contributed by atoms with Crippen LogP contribution >= 0.6 is 22.6 Å². The van der Waals surface area contributed by atoms with E-state index in [1.165, 1.54) is 22.6 Å². The minimum Gasteiger partial charge on any atom is -0.258 e. The van der Waals surface area contributed by atoms with E-state index in [0.29, 0.717) is 0 Å². The number of rotatable bonds is 2. The molecule has 5 nitrogen and oxygen atoms in total. The van der Waals surface area contributed by atoms with E-state index in [9.17, 15) is 18.9 Å². The predicted molar refractivity (Wildman–Crippen MR) is 53.3 cm³/mol. The Morgan fingerprint density at radius 3 is 2.67 bits per heavy atom. The van der Waals surface area contributed by atoms with Gasteiger partial charge in [0.15, 0.2) is 5.69 Å². The molecule has 0 unspecified atom stereocenters. The lowest BCUT2D eigenvalue weighted by atomic mass is 10.2. The van der Waals surface area contributed by atoms with E-state index in [4.69, 9.17) is 5.26 Å².